The van der Waals surface area contributed by atoms with Crippen molar-refractivity contribution in [1.82, 2.24) is 14.8 Å². The second-order valence-electron chi connectivity index (χ2n) is 9.96. The third-order valence-corrected chi connectivity index (χ3v) is 9.69. The number of benzene rings is 1. The van der Waals surface area contributed by atoms with Gasteiger partial charge in [0.1, 0.15) is 4.83 Å². The SMILES string of the molecule is Cc1cc(C)cc(-c2[nH]c3sccc3c2CCN2CCC(CC(=O)N3CCS(=O)(=O)CC3)C2)c1. The van der Waals surface area contributed by atoms with E-state index in [0.717, 1.165) is 32.5 Å². The fraction of sp³-hybridized carbons (Fsp3) is 0.500. The molecule has 1 amide bonds. The van der Waals surface area contributed by atoms with Gasteiger partial charge in [0.25, 0.3) is 0 Å². The number of hydrogen-bond acceptors (Lipinski definition) is 5. The zero-order valence-electron chi connectivity index (χ0n) is 20.0. The zero-order chi connectivity index (χ0) is 23.9. The van der Waals surface area contributed by atoms with Crippen LogP contribution in [0.2, 0.25) is 0 Å². The number of fused-ring (bicyclic) bond motifs is 1. The van der Waals surface area contributed by atoms with E-state index in [0.29, 0.717) is 25.4 Å². The molecule has 1 unspecified atom stereocenters. The summed E-state index contributed by atoms with van der Waals surface area (Å²) in [5.41, 5.74) is 6.42. The maximum absolute atomic E-state index is 12.7. The Hall–Kier alpha value is -2.16. The van der Waals surface area contributed by atoms with E-state index in [9.17, 15) is 13.2 Å². The van der Waals surface area contributed by atoms with Crippen LogP contribution < -0.4 is 0 Å². The molecule has 0 aliphatic carbocycles. The molecule has 1 aromatic carbocycles. The maximum Gasteiger partial charge on any atom is 0.222 e. The standard InChI is InChI=1S/C26H33N3O3S2/c1-18-13-19(2)15-21(14-18)25-22(23-5-10-33-26(23)27-25)4-7-28-6-3-20(17-28)16-24(30)29-8-11-34(31,32)12-9-29/h5,10,13-15,20,27H,3-4,6-9,11-12,16-17H2,1-2H3. The first-order valence-corrected chi connectivity index (χ1v) is 14.8. The molecule has 2 aliphatic rings. The average Bonchev–Trinajstić information content (AvgIpc) is 3.48. The van der Waals surface area contributed by atoms with Crippen molar-refractivity contribution in [3.63, 3.8) is 0 Å². The van der Waals surface area contributed by atoms with Gasteiger partial charge in [-0.3, -0.25) is 4.79 Å². The molecule has 182 valence electrons. The molecule has 0 spiro atoms. The number of nitrogens with one attached hydrogen (secondary N) is 1. The van der Waals surface area contributed by atoms with Gasteiger partial charge in [-0.2, -0.15) is 0 Å². The van der Waals surface area contributed by atoms with Gasteiger partial charge < -0.3 is 14.8 Å². The summed E-state index contributed by atoms with van der Waals surface area (Å²) in [4.78, 5) is 21.8. The number of aromatic amines is 1. The third-order valence-electron chi connectivity index (χ3n) is 7.25. The molecule has 0 radical (unpaired) electrons. The summed E-state index contributed by atoms with van der Waals surface area (Å²) in [6, 6.07) is 8.95. The van der Waals surface area contributed by atoms with E-state index >= 15 is 0 Å². The van der Waals surface area contributed by atoms with Crippen LogP contribution in [0.4, 0.5) is 0 Å². The molecule has 34 heavy (non-hydrogen) atoms. The fourth-order valence-corrected chi connectivity index (χ4v) is 7.50. The van der Waals surface area contributed by atoms with Crippen LogP contribution in [0.15, 0.2) is 29.6 Å². The van der Waals surface area contributed by atoms with E-state index in [2.05, 4.69) is 53.4 Å². The Morgan fingerprint density at radius 3 is 2.59 bits per heavy atom. The van der Waals surface area contributed by atoms with Crippen LogP contribution >= 0.6 is 11.3 Å². The van der Waals surface area contributed by atoms with Gasteiger partial charge in [-0.15, -0.1) is 11.3 Å². The number of hydrogen-bond donors (Lipinski definition) is 1. The highest BCUT2D eigenvalue weighted by molar-refractivity contribution is 7.91. The van der Waals surface area contributed by atoms with Gasteiger partial charge in [-0.05, 0) is 73.9 Å². The smallest absolute Gasteiger partial charge is 0.222 e. The molecule has 0 bridgehead atoms. The molecule has 2 aromatic heterocycles. The Labute approximate surface area is 205 Å². The van der Waals surface area contributed by atoms with Crippen LogP contribution in [0.5, 0.6) is 0 Å². The number of aryl methyl sites for hydroxylation is 2. The number of rotatable bonds is 6. The van der Waals surface area contributed by atoms with E-state index in [1.165, 1.54) is 38.2 Å². The van der Waals surface area contributed by atoms with Gasteiger partial charge >= 0.3 is 0 Å². The number of sulfone groups is 1. The molecule has 1 N–H and O–H groups in total. The minimum atomic E-state index is -2.96. The molecule has 0 saturated carbocycles. The minimum Gasteiger partial charge on any atom is -0.346 e. The van der Waals surface area contributed by atoms with E-state index < -0.39 is 9.84 Å². The number of carbonyl (C=O) groups excluding carboxylic acids is 1. The molecule has 2 fully saturated rings. The molecule has 1 atom stereocenters. The van der Waals surface area contributed by atoms with Crippen molar-refractivity contribution in [3.8, 4) is 11.3 Å². The second kappa shape index (κ2) is 9.47. The van der Waals surface area contributed by atoms with Gasteiger partial charge in [-0.1, -0.05) is 17.2 Å². The Morgan fingerprint density at radius 1 is 1.12 bits per heavy atom. The molecule has 4 heterocycles. The van der Waals surface area contributed by atoms with E-state index in [-0.39, 0.29) is 17.4 Å². The maximum atomic E-state index is 12.7. The third kappa shape index (κ3) is 5.09. The Balaban J connectivity index is 1.22. The lowest BCUT2D eigenvalue weighted by molar-refractivity contribution is -0.131. The van der Waals surface area contributed by atoms with Crippen molar-refractivity contribution in [2.45, 2.75) is 33.1 Å². The van der Waals surface area contributed by atoms with Crippen molar-refractivity contribution < 1.29 is 13.2 Å². The second-order valence-corrected chi connectivity index (χ2v) is 13.2. The van der Waals surface area contributed by atoms with Crippen LogP contribution in [0.25, 0.3) is 21.5 Å². The number of thiophene rings is 1. The van der Waals surface area contributed by atoms with Crippen molar-refractivity contribution >= 4 is 37.3 Å². The van der Waals surface area contributed by atoms with Gasteiger partial charge in [0.05, 0.1) is 17.2 Å². The number of nitrogens with zero attached hydrogens (tertiary/aromatic N) is 2. The van der Waals surface area contributed by atoms with Crippen LogP contribution in [-0.4, -0.2) is 73.3 Å². The molecular weight excluding hydrogens is 466 g/mol. The molecule has 5 rings (SSSR count). The highest BCUT2D eigenvalue weighted by Crippen LogP contribution is 2.35. The lowest BCUT2D eigenvalue weighted by Gasteiger charge is -2.27. The highest BCUT2D eigenvalue weighted by atomic mass is 32.2. The molecule has 6 nitrogen and oxygen atoms in total. The van der Waals surface area contributed by atoms with Crippen LogP contribution in [0.3, 0.4) is 0 Å². The van der Waals surface area contributed by atoms with Crippen LogP contribution in [-0.2, 0) is 21.1 Å². The van der Waals surface area contributed by atoms with E-state index in [1.807, 2.05) is 0 Å². The first-order valence-electron chi connectivity index (χ1n) is 12.1. The number of carbonyl (C=O) groups is 1. The number of likely N-dealkylation sites (tertiary alicyclic amines) is 1. The summed E-state index contributed by atoms with van der Waals surface area (Å²) >= 11 is 1.76. The summed E-state index contributed by atoms with van der Waals surface area (Å²) in [6.07, 6.45) is 2.54. The van der Waals surface area contributed by atoms with Gasteiger partial charge in [0.15, 0.2) is 9.84 Å². The topological polar surface area (TPSA) is 73.5 Å². The van der Waals surface area contributed by atoms with Crippen molar-refractivity contribution in [1.29, 1.82) is 0 Å². The average molecular weight is 500 g/mol. The fourth-order valence-electron chi connectivity index (χ4n) is 5.48. The lowest BCUT2D eigenvalue weighted by Crippen LogP contribution is -2.44. The number of aromatic nitrogens is 1. The van der Waals surface area contributed by atoms with Gasteiger partial charge in [-0.25, -0.2) is 8.42 Å². The molecule has 2 saturated heterocycles. The van der Waals surface area contributed by atoms with Crippen LogP contribution in [0, 0.1) is 19.8 Å². The van der Waals surface area contributed by atoms with Gasteiger partial charge in [0, 0.05) is 38.0 Å². The number of amides is 1. The Bertz CT molecular complexity index is 1270. The van der Waals surface area contributed by atoms with E-state index in [1.54, 1.807) is 16.2 Å². The Kier molecular flexibility index (Phi) is 6.57. The van der Waals surface area contributed by atoms with Gasteiger partial charge in [0.2, 0.25) is 5.91 Å². The molecule has 2 aliphatic heterocycles. The van der Waals surface area contributed by atoms with Crippen molar-refractivity contribution in [2.24, 2.45) is 5.92 Å². The summed E-state index contributed by atoms with van der Waals surface area (Å²) in [6.45, 7) is 7.93. The summed E-state index contributed by atoms with van der Waals surface area (Å²) in [7, 11) is -2.96. The van der Waals surface area contributed by atoms with Crippen LogP contribution in [0.1, 0.15) is 29.5 Å². The lowest BCUT2D eigenvalue weighted by atomic mass is 10.00. The monoisotopic (exact) mass is 499 g/mol. The Morgan fingerprint density at radius 2 is 1.85 bits per heavy atom. The predicted molar refractivity (Wildman–Crippen MR) is 139 cm³/mol. The largest absolute Gasteiger partial charge is 0.346 e. The minimum absolute atomic E-state index is 0.103. The van der Waals surface area contributed by atoms with Crippen molar-refractivity contribution in [3.05, 3.63) is 46.3 Å². The highest BCUT2D eigenvalue weighted by Gasteiger charge is 2.29. The normalized spacial score (nSPS) is 20.9. The summed E-state index contributed by atoms with van der Waals surface area (Å²) in [5, 5.41) is 3.48. The first kappa shape index (κ1) is 23.6. The molecular formula is C26H33N3O3S2. The zero-order valence-corrected chi connectivity index (χ0v) is 21.6. The quantitative estimate of drug-likeness (QED) is 0.556. The number of H-pyrrole nitrogens is 1. The first-order chi connectivity index (χ1) is 16.3. The summed E-state index contributed by atoms with van der Waals surface area (Å²) < 4.78 is 23.3. The predicted octanol–water partition coefficient (Wildman–Crippen LogP) is 4.02. The van der Waals surface area contributed by atoms with E-state index in [4.69, 9.17) is 0 Å². The van der Waals surface area contributed by atoms with Crippen molar-refractivity contribution in [2.75, 3.05) is 44.2 Å². The summed E-state index contributed by atoms with van der Waals surface area (Å²) in [5.74, 6) is 0.680. The molecule has 3 aromatic rings. The molecule has 8 heteroatoms.